The molecule has 0 aromatic heterocycles. The molecule has 4 unspecified atom stereocenters. The second-order valence-corrected chi connectivity index (χ2v) is 11.3. The zero-order valence-corrected chi connectivity index (χ0v) is 19.0. The van der Waals surface area contributed by atoms with Crippen LogP contribution >= 0.6 is 0 Å². The van der Waals surface area contributed by atoms with E-state index >= 15 is 0 Å². The molecule has 6 nitrogen and oxygen atoms in total. The lowest BCUT2D eigenvalue weighted by atomic mass is 9.43. The van der Waals surface area contributed by atoms with Crippen molar-refractivity contribution in [2.24, 2.45) is 28.6 Å². The van der Waals surface area contributed by atoms with Gasteiger partial charge >= 0.3 is 11.9 Å². The van der Waals surface area contributed by atoms with Crippen molar-refractivity contribution < 1.29 is 29.0 Å². The van der Waals surface area contributed by atoms with Crippen LogP contribution in [-0.2, 0) is 23.9 Å². The molecule has 0 bridgehead atoms. The Morgan fingerprint density at radius 1 is 1.16 bits per heavy atom. The second-order valence-electron chi connectivity index (χ2n) is 11.3. The van der Waals surface area contributed by atoms with Crippen LogP contribution in [0.5, 0.6) is 0 Å². The summed E-state index contributed by atoms with van der Waals surface area (Å²) in [6.45, 7) is 7.82. The predicted octanol–water partition coefficient (Wildman–Crippen LogP) is 3.50. The molecule has 0 aromatic rings. The van der Waals surface area contributed by atoms with E-state index in [4.69, 9.17) is 9.47 Å². The van der Waals surface area contributed by atoms with Gasteiger partial charge in [0, 0.05) is 25.2 Å². The van der Waals surface area contributed by atoms with Crippen LogP contribution in [0.1, 0.15) is 79.1 Å². The summed E-state index contributed by atoms with van der Waals surface area (Å²) in [5.74, 6) is 0.0988. The van der Waals surface area contributed by atoms with E-state index in [2.05, 4.69) is 20.8 Å². The van der Waals surface area contributed by atoms with Gasteiger partial charge in [0.25, 0.3) is 0 Å². The van der Waals surface area contributed by atoms with Gasteiger partial charge in [0.1, 0.15) is 17.8 Å². The number of Topliss-reactive ketones (excluding diaryl/α,β-unsaturated/α-hetero) is 1. The number of esters is 2. The van der Waals surface area contributed by atoms with E-state index in [-0.39, 0.29) is 53.4 Å². The van der Waals surface area contributed by atoms with E-state index in [0.717, 1.165) is 24.8 Å². The highest BCUT2D eigenvalue weighted by Crippen LogP contribution is 2.68. The molecule has 1 heterocycles. The lowest BCUT2D eigenvalue weighted by Gasteiger charge is -2.62. The molecule has 0 radical (unpaired) electrons. The number of hydrogen-bond donors (Lipinski definition) is 1. The summed E-state index contributed by atoms with van der Waals surface area (Å²) in [6.07, 6.45) is 4.48. The van der Waals surface area contributed by atoms with E-state index in [9.17, 15) is 19.5 Å². The molecule has 6 heteroatoms. The van der Waals surface area contributed by atoms with Gasteiger partial charge in [-0.05, 0) is 67.8 Å². The smallest absolute Gasteiger partial charge is 0.310 e. The minimum absolute atomic E-state index is 0.0440. The minimum atomic E-state index is -1.44. The molecule has 0 aromatic carbocycles. The zero-order chi connectivity index (χ0) is 22.3. The number of ether oxygens (including phenoxy) is 2. The van der Waals surface area contributed by atoms with E-state index in [1.165, 1.54) is 12.5 Å². The molecule has 0 spiro atoms. The third kappa shape index (κ3) is 2.76. The summed E-state index contributed by atoms with van der Waals surface area (Å²) in [7, 11) is 0. The first-order valence-electron chi connectivity index (χ1n) is 11.8. The van der Waals surface area contributed by atoms with Crippen LogP contribution in [0.15, 0.2) is 11.1 Å². The lowest BCUT2D eigenvalue weighted by Crippen LogP contribution is -2.67. The van der Waals surface area contributed by atoms with Gasteiger partial charge in [0.15, 0.2) is 5.78 Å². The van der Waals surface area contributed by atoms with Gasteiger partial charge in [-0.3, -0.25) is 14.4 Å². The maximum Gasteiger partial charge on any atom is 0.310 e. The van der Waals surface area contributed by atoms with Crippen molar-refractivity contribution in [1.82, 2.24) is 0 Å². The molecule has 4 saturated carbocycles. The Morgan fingerprint density at radius 2 is 1.90 bits per heavy atom. The average molecular weight is 431 g/mol. The number of rotatable bonds is 1. The highest BCUT2D eigenvalue weighted by Gasteiger charge is 2.68. The number of hydrogen-bond acceptors (Lipinski definition) is 6. The van der Waals surface area contributed by atoms with Crippen molar-refractivity contribution in [2.45, 2.75) is 96.9 Å². The molecule has 1 aliphatic heterocycles. The summed E-state index contributed by atoms with van der Waals surface area (Å²) in [6, 6.07) is 0. The van der Waals surface area contributed by atoms with Crippen LogP contribution in [-0.4, -0.2) is 40.6 Å². The van der Waals surface area contributed by atoms with Crippen molar-refractivity contribution in [2.75, 3.05) is 0 Å². The first-order valence-corrected chi connectivity index (χ1v) is 11.8. The second kappa shape index (κ2) is 6.66. The summed E-state index contributed by atoms with van der Waals surface area (Å²) in [5, 5.41) is 11.7. The van der Waals surface area contributed by atoms with Crippen LogP contribution in [0.3, 0.4) is 0 Å². The van der Waals surface area contributed by atoms with Crippen molar-refractivity contribution in [3.8, 4) is 0 Å². The van der Waals surface area contributed by atoms with Crippen molar-refractivity contribution in [3.05, 3.63) is 11.1 Å². The molecule has 4 aliphatic carbocycles. The number of aliphatic hydroxyl groups is 1. The number of fused-ring (bicyclic) bond motifs is 7. The SMILES string of the molecule is CC(=O)O[C@H]1CC[C@]2(C)C3CC[C@]4(C)C5=C(C)CC(=O)OC5CC4C3CC(=O)[C@@]2(O)C1. The Morgan fingerprint density at radius 3 is 2.61 bits per heavy atom. The Bertz CT molecular complexity index is 890. The summed E-state index contributed by atoms with van der Waals surface area (Å²) < 4.78 is 11.2. The quantitative estimate of drug-likeness (QED) is 0.506. The van der Waals surface area contributed by atoms with Gasteiger partial charge in [-0.1, -0.05) is 19.4 Å². The van der Waals surface area contributed by atoms with Gasteiger partial charge in [0.2, 0.25) is 0 Å². The van der Waals surface area contributed by atoms with Crippen molar-refractivity contribution in [1.29, 1.82) is 0 Å². The van der Waals surface area contributed by atoms with Crippen LogP contribution in [0.4, 0.5) is 0 Å². The molecule has 5 aliphatic rings. The molecule has 5 rings (SSSR count). The van der Waals surface area contributed by atoms with Gasteiger partial charge in [0.05, 0.1) is 6.42 Å². The van der Waals surface area contributed by atoms with Gasteiger partial charge in [-0.2, -0.15) is 0 Å². The van der Waals surface area contributed by atoms with E-state index in [1.54, 1.807) is 0 Å². The number of carbonyl (C=O) groups is 3. The van der Waals surface area contributed by atoms with Crippen molar-refractivity contribution in [3.63, 3.8) is 0 Å². The average Bonchev–Trinajstić information content (AvgIpc) is 2.96. The lowest BCUT2D eigenvalue weighted by molar-refractivity contribution is -0.214. The van der Waals surface area contributed by atoms with Crippen molar-refractivity contribution >= 4 is 17.7 Å². The zero-order valence-electron chi connectivity index (χ0n) is 19.0. The van der Waals surface area contributed by atoms with E-state index in [1.807, 2.05) is 0 Å². The highest BCUT2D eigenvalue weighted by molar-refractivity contribution is 5.90. The van der Waals surface area contributed by atoms with Crippen LogP contribution < -0.4 is 0 Å². The monoisotopic (exact) mass is 430 g/mol. The predicted molar refractivity (Wildman–Crippen MR) is 112 cm³/mol. The largest absolute Gasteiger partial charge is 0.462 e. The highest BCUT2D eigenvalue weighted by atomic mass is 16.5. The van der Waals surface area contributed by atoms with E-state index < -0.39 is 17.1 Å². The topological polar surface area (TPSA) is 89.9 Å². The third-order valence-corrected chi connectivity index (χ3v) is 9.86. The Labute approximate surface area is 183 Å². The maximum absolute atomic E-state index is 13.5. The fourth-order valence-electron chi connectivity index (χ4n) is 8.53. The van der Waals surface area contributed by atoms with E-state index in [0.29, 0.717) is 25.7 Å². The summed E-state index contributed by atoms with van der Waals surface area (Å²) in [4.78, 5) is 37.0. The van der Waals surface area contributed by atoms with Gasteiger partial charge in [-0.25, -0.2) is 0 Å². The third-order valence-electron chi connectivity index (χ3n) is 9.86. The molecular weight excluding hydrogens is 396 g/mol. The van der Waals surface area contributed by atoms with Gasteiger partial charge in [-0.15, -0.1) is 0 Å². The van der Waals surface area contributed by atoms with Gasteiger partial charge < -0.3 is 14.6 Å². The first-order chi connectivity index (χ1) is 14.5. The first kappa shape index (κ1) is 21.2. The maximum atomic E-state index is 13.5. The standard InChI is InChI=1S/C25H34O6/c1-13-9-21(28)31-19-11-18-16-10-20(27)25(29)12-15(30-14(2)26)5-8-24(25,4)17(16)6-7-23(18,3)22(13)19/h15-19,29H,5-12H2,1-4H3/t15-,16?,17?,18?,19?,23-,24+,25-/m0/s1. The molecule has 0 amide bonds. The molecule has 31 heavy (non-hydrogen) atoms. The summed E-state index contributed by atoms with van der Waals surface area (Å²) in [5.41, 5.74) is 0.452. The number of ketones is 1. The molecule has 8 atom stereocenters. The Kier molecular flexibility index (Phi) is 4.55. The number of carbonyl (C=O) groups excluding carboxylic acids is 3. The summed E-state index contributed by atoms with van der Waals surface area (Å²) >= 11 is 0. The molecule has 1 N–H and O–H groups in total. The van der Waals surface area contributed by atoms with Crippen LogP contribution in [0, 0.1) is 28.6 Å². The fourth-order valence-corrected chi connectivity index (χ4v) is 8.53. The fraction of sp³-hybridized carbons (Fsp3) is 0.800. The van der Waals surface area contributed by atoms with Crippen LogP contribution in [0.25, 0.3) is 0 Å². The molecule has 4 fully saturated rings. The normalized spacial score (nSPS) is 48.9. The Balaban J connectivity index is 1.48. The van der Waals surface area contributed by atoms with Crippen LogP contribution in [0.2, 0.25) is 0 Å². The minimum Gasteiger partial charge on any atom is -0.462 e. The Hall–Kier alpha value is -1.69. The molecular formula is C25H34O6. The molecule has 0 saturated heterocycles. The molecule has 170 valence electrons.